The molecule has 1 aliphatic rings. The number of hydrogen-bond donors (Lipinski definition) is 3. The van der Waals surface area contributed by atoms with Crippen molar-refractivity contribution in [3.8, 4) is 0 Å². The fraction of sp³-hybridized carbons (Fsp3) is 0.706. The number of aliphatic hydroxyl groups excluding tert-OH is 2. The van der Waals surface area contributed by atoms with Crippen LogP contribution in [-0.2, 0) is 13.0 Å². The van der Waals surface area contributed by atoms with Gasteiger partial charge in [-0.1, -0.05) is 19.9 Å². The SMILES string of the molecule is CC(C)Cc1ccc(CNC2CC[C@@H](O)[C@@H](O)CC2)cn1. The second kappa shape index (κ2) is 7.87. The molecule has 1 unspecified atom stereocenters. The summed E-state index contributed by atoms with van der Waals surface area (Å²) in [6.45, 7) is 5.20. The quantitative estimate of drug-likeness (QED) is 0.727. The average Bonchev–Trinajstić information content (AvgIpc) is 2.61. The summed E-state index contributed by atoms with van der Waals surface area (Å²) in [7, 11) is 0. The number of pyridine rings is 1. The number of nitrogens with one attached hydrogen (secondary N) is 1. The fourth-order valence-electron chi connectivity index (χ4n) is 2.84. The number of nitrogens with zero attached hydrogens (tertiary/aromatic N) is 1. The van der Waals surface area contributed by atoms with Crippen molar-refractivity contribution in [1.29, 1.82) is 0 Å². The van der Waals surface area contributed by atoms with Crippen molar-refractivity contribution >= 4 is 0 Å². The van der Waals surface area contributed by atoms with E-state index in [1.807, 2.05) is 6.20 Å². The Bertz CT molecular complexity index is 407. The van der Waals surface area contributed by atoms with E-state index in [1.54, 1.807) is 0 Å². The Morgan fingerprint density at radius 3 is 2.33 bits per heavy atom. The summed E-state index contributed by atoms with van der Waals surface area (Å²) in [5.41, 5.74) is 2.34. The van der Waals surface area contributed by atoms with Crippen LogP contribution >= 0.6 is 0 Å². The minimum absolute atomic E-state index is 0.368. The molecule has 0 radical (unpaired) electrons. The maximum atomic E-state index is 9.68. The van der Waals surface area contributed by atoms with Gasteiger partial charge in [-0.3, -0.25) is 4.98 Å². The van der Waals surface area contributed by atoms with Gasteiger partial charge in [0.15, 0.2) is 0 Å². The second-order valence-electron chi connectivity index (χ2n) is 6.62. The van der Waals surface area contributed by atoms with E-state index in [0.717, 1.165) is 31.5 Å². The maximum absolute atomic E-state index is 9.68. The number of hydrogen-bond acceptors (Lipinski definition) is 4. The van der Waals surface area contributed by atoms with Crippen molar-refractivity contribution in [2.24, 2.45) is 5.92 Å². The molecule has 1 saturated carbocycles. The predicted octanol–water partition coefficient (Wildman–Crippen LogP) is 2.03. The fourth-order valence-corrected chi connectivity index (χ4v) is 2.84. The maximum Gasteiger partial charge on any atom is 0.0799 e. The molecule has 21 heavy (non-hydrogen) atoms. The molecule has 1 fully saturated rings. The van der Waals surface area contributed by atoms with Gasteiger partial charge < -0.3 is 15.5 Å². The van der Waals surface area contributed by atoms with Gasteiger partial charge in [-0.15, -0.1) is 0 Å². The largest absolute Gasteiger partial charge is 0.390 e. The molecule has 0 aromatic carbocycles. The molecule has 1 aliphatic carbocycles. The van der Waals surface area contributed by atoms with Gasteiger partial charge in [-0.05, 0) is 49.7 Å². The Morgan fingerprint density at radius 2 is 1.81 bits per heavy atom. The molecular weight excluding hydrogens is 264 g/mol. The van der Waals surface area contributed by atoms with Crippen LogP contribution < -0.4 is 5.32 Å². The number of aromatic nitrogens is 1. The third-order valence-electron chi connectivity index (χ3n) is 4.16. The lowest BCUT2D eigenvalue weighted by Gasteiger charge is -2.16. The van der Waals surface area contributed by atoms with Crippen LogP contribution in [0.2, 0.25) is 0 Å². The molecule has 1 aromatic rings. The molecule has 1 aromatic heterocycles. The van der Waals surface area contributed by atoms with Gasteiger partial charge in [0.25, 0.3) is 0 Å². The van der Waals surface area contributed by atoms with Crippen LogP contribution in [0.15, 0.2) is 18.3 Å². The van der Waals surface area contributed by atoms with Gasteiger partial charge in [0.05, 0.1) is 12.2 Å². The number of aliphatic hydroxyl groups is 2. The van der Waals surface area contributed by atoms with E-state index < -0.39 is 12.2 Å². The van der Waals surface area contributed by atoms with Crippen LogP contribution in [0, 0.1) is 5.92 Å². The van der Waals surface area contributed by atoms with Gasteiger partial charge in [0.1, 0.15) is 0 Å². The zero-order chi connectivity index (χ0) is 15.2. The van der Waals surface area contributed by atoms with Gasteiger partial charge in [0, 0.05) is 24.5 Å². The topological polar surface area (TPSA) is 65.4 Å². The third kappa shape index (κ3) is 5.38. The highest BCUT2D eigenvalue weighted by molar-refractivity contribution is 5.14. The normalized spacial score (nSPS) is 26.8. The highest BCUT2D eigenvalue weighted by Gasteiger charge is 2.23. The van der Waals surface area contributed by atoms with Gasteiger partial charge in [0.2, 0.25) is 0 Å². The third-order valence-corrected chi connectivity index (χ3v) is 4.16. The standard InChI is InChI=1S/C17H28N2O2/c1-12(2)9-15-4-3-13(11-19-15)10-18-14-5-7-16(20)17(21)8-6-14/h3-4,11-12,14,16-18,20-21H,5-10H2,1-2H3/t14?,16-,17+. The molecule has 4 nitrogen and oxygen atoms in total. The molecular formula is C17H28N2O2. The van der Waals surface area contributed by atoms with Crippen LogP contribution in [0.3, 0.4) is 0 Å². The molecule has 3 N–H and O–H groups in total. The minimum Gasteiger partial charge on any atom is -0.390 e. The number of rotatable bonds is 5. The summed E-state index contributed by atoms with van der Waals surface area (Å²) in [5.74, 6) is 0.630. The van der Waals surface area contributed by atoms with Crippen molar-refractivity contribution in [1.82, 2.24) is 10.3 Å². The first-order valence-electron chi connectivity index (χ1n) is 8.08. The van der Waals surface area contributed by atoms with Gasteiger partial charge in [-0.2, -0.15) is 0 Å². The van der Waals surface area contributed by atoms with Crippen molar-refractivity contribution in [3.05, 3.63) is 29.6 Å². The summed E-state index contributed by atoms with van der Waals surface area (Å²) >= 11 is 0. The van der Waals surface area contributed by atoms with Crippen molar-refractivity contribution in [3.63, 3.8) is 0 Å². The summed E-state index contributed by atoms with van der Waals surface area (Å²) in [6.07, 6.45) is 5.02. The van der Waals surface area contributed by atoms with E-state index in [-0.39, 0.29) is 0 Å². The minimum atomic E-state index is -0.561. The van der Waals surface area contributed by atoms with E-state index in [4.69, 9.17) is 0 Å². The summed E-state index contributed by atoms with van der Waals surface area (Å²) in [5, 5.41) is 22.9. The monoisotopic (exact) mass is 292 g/mol. The summed E-state index contributed by atoms with van der Waals surface area (Å²) in [6, 6.07) is 4.61. The van der Waals surface area contributed by atoms with Gasteiger partial charge >= 0.3 is 0 Å². The van der Waals surface area contributed by atoms with Crippen LogP contribution in [-0.4, -0.2) is 33.4 Å². The Labute approximate surface area is 127 Å². The molecule has 118 valence electrons. The first-order chi connectivity index (χ1) is 10.0. The smallest absolute Gasteiger partial charge is 0.0799 e. The van der Waals surface area contributed by atoms with Crippen LogP contribution in [0.5, 0.6) is 0 Å². The molecule has 0 spiro atoms. The Kier molecular flexibility index (Phi) is 6.15. The van der Waals surface area contributed by atoms with Crippen LogP contribution in [0.25, 0.3) is 0 Å². The first-order valence-corrected chi connectivity index (χ1v) is 8.08. The van der Waals surface area contributed by atoms with E-state index in [9.17, 15) is 10.2 Å². The molecule has 0 amide bonds. The molecule has 2 rings (SSSR count). The lowest BCUT2D eigenvalue weighted by Crippen LogP contribution is -2.28. The highest BCUT2D eigenvalue weighted by atomic mass is 16.3. The van der Waals surface area contributed by atoms with Gasteiger partial charge in [-0.25, -0.2) is 0 Å². The molecule has 0 bridgehead atoms. The Balaban J connectivity index is 1.80. The zero-order valence-electron chi connectivity index (χ0n) is 13.1. The second-order valence-corrected chi connectivity index (χ2v) is 6.62. The molecule has 4 heteroatoms. The zero-order valence-corrected chi connectivity index (χ0v) is 13.1. The lowest BCUT2D eigenvalue weighted by molar-refractivity contribution is 0.0157. The van der Waals surface area contributed by atoms with E-state index in [0.29, 0.717) is 24.8 Å². The highest BCUT2D eigenvalue weighted by Crippen LogP contribution is 2.19. The molecule has 0 aliphatic heterocycles. The Morgan fingerprint density at radius 1 is 1.14 bits per heavy atom. The Hall–Kier alpha value is -0.970. The van der Waals surface area contributed by atoms with Crippen LogP contribution in [0.1, 0.15) is 50.8 Å². The summed E-state index contributed by atoms with van der Waals surface area (Å²) in [4.78, 5) is 4.51. The van der Waals surface area contributed by atoms with E-state index >= 15 is 0 Å². The van der Waals surface area contributed by atoms with Crippen molar-refractivity contribution in [2.45, 2.75) is 70.7 Å². The van der Waals surface area contributed by atoms with Crippen molar-refractivity contribution in [2.75, 3.05) is 0 Å². The van der Waals surface area contributed by atoms with E-state index in [1.165, 1.54) is 5.56 Å². The lowest BCUT2D eigenvalue weighted by atomic mass is 10.1. The predicted molar refractivity (Wildman–Crippen MR) is 83.9 cm³/mol. The van der Waals surface area contributed by atoms with Crippen molar-refractivity contribution < 1.29 is 10.2 Å². The average molecular weight is 292 g/mol. The molecule has 1 heterocycles. The van der Waals surface area contributed by atoms with E-state index in [2.05, 4.69) is 36.3 Å². The summed E-state index contributed by atoms with van der Waals surface area (Å²) < 4.78 is 0. The molecule has 0 saturated heterocycles. The molecule has 3 atom stereocenters. The first kappa shape index (κ1) is 16.4. The van der Waals surface area contributed by atoms with Crippen LogP contribution in [0.4, 0.5) is 0 Å².